The second kappa shape index (κ2) is 11.1. The molecule has 1 unspecified atom stereocenters. The van der Waals surface area contributed by atoms with E-state index < -0.39 is 0 Å². The fraction of sp³-hybridized carbons (Fsp3) is 0.280. The molecule has 0 aliphatic rings. The van der Waals surface area contributed by atoms with E-state index in [-0.39, 0.29) is 11.9 Å². The fourth-order valence-corrected chi connectivity index (χ4v) is 3.44. The summed E-state index contributed by atoms with van der Waals surface area (Å²) in [6.45, 7) is 7.15. The minimum absolute atomic E-state index is 0.0816. The van der Waals surface area contributed by atoms with E-state index in [4.69, 9.17) is 4.74 Å². The maximum absolute atomic E-state index is 12.7. The second-order valence-electron chi connectivity index (χ2n) is 7.03. The van der Waals surface area contributed by atoms with Crippen LogP contribution in [0.5, 0.6) is 5.75 Å². The van der Waals surface area contributed by atoms with Crippen molar-refractivity contribution in [2.75, 3.05) is 19.6 Å². The van der Waals surface area contributed by atoms with Crippen LogP contribution in [0.15, 0.2) is 79.1 Å². The van der Waals surface area contributed by atoms with E-state index in [9.17, 15) is 4.79 Å². The Bertz CT molecular complexity index is 895. The number of pyridine rings is 1. The monoisotopic (exact) mass is 403 g/mol. The van der Waals surface area contributed by atoms with Crippen molar-refractivity contribution in [1.29, 1.82) is 0 Å². The van der Waals surface area contributed by atoms with Gasteiger partial charge in [0.1, 0.15) is 12.4 Å². The van der Waals surface area contributed by atoms with E-state index >= 15 is 0 Å². The number of hydrogen-bond donors (Lipinski definition) is 1. The summed E-state index contributed by atoms with van der Waals surface area (Å²) in [5, 5.41) is 3.09. The zero-order valence-electron chi connectivity index (χ0n) is 17.6. The number of aromatic nitrogens is 1. The third-order valence-electron chi connectivity index (χ3n) is 5.14. The predicted octanol–water partition coefficient (Wildman–Crippen LogP) is 4.47. The number of likely N-dealkylation sites (N-methyl/N-ethyl adjacent to an activating group) is 1. The third-order valence-corrected chi connectivity index (χ3v) is 5.14. The summed E-state index contributed by atoms with van der Waals surface area (Å²) in [6.07, 6.45) is 3.51. The van der Waals surface area contributed by atoms with Crippen molar-refractivity contribution in [3.05, 3.63) is 95.8 Å². The molecule has 0 aliphatic heterocycles. The maximum Gasteiger partial charge on any atom is 0.251 e. The van der Waals surface area contributed by atoms with Crippen LogP contribution in [0, 0.1) is 0 Å². The Hall–Kier alpha value is -3.18. The van der Waals surface area contributed by atoms with Gasteiger partial charge in [-0.25, -0.2) is 0 Å². The third kappa shape index (κ3) is 5.91. The van der Waals surface area contributed by atoms with Crippen LogP contribution in [-0.2, 0) is 6.61 Å². The Labute approximate surface area is 178 Å². The van der Waals surface area contributed by atoms with Crippen molar-refractivity contribution in [2.24, 2.45) is 0 Å². The molecule has 2 aromatic carbocycles. The fourth-order valence-electron chi connectivity index (χ4n) is 3.44. The Kier molecular flexibility index (Phi) is 7.98. The zero-order valence-corrected chi connectivity index (χ0v) is 17.6. The molecule has 0 fully saturated rings. The Morgan fingerprint density at radius 2 is 1.73 bits per heavy atom. The number of rotatable bonds is 10. The average Bonchev–Trinajstić information content (AvgIpc) is 2.82. The number of nitrogens with one attached hydrogen (secondary N) is 1. The summed E-state index contributed by atoms with van der Waals surface area (Å²) >= 11 is 0. The SMILES string of the molecule is CCN(CC)C(CNC(=O)c1ccc(OCc2cccnc2)cc1)c1ccccc1. The molecule has 156 valence electrons. The highest BCUT2D eigenvalue weighted by Crippen LogP contribution is 2.20. The average molecular weight is 404 g/mol. The van der Waals surface area contributed by atoms with Crippen molar-refractivity contribution in [3.8, 4) is 5.75 Å². The van der Waals surface area contributed by atoms with Crippen molar-refractivity contribution in [1.82, 2.24) is 15.2 Å². The Balaban J connectivity index is 1.59. The highest BCUT2D eigenvalue weighted by Gasteiger charge is 2.19. The molecular formula is C25H29N3O2. The molecule has 30 heavy (non-hydrogen) atoms. The maximum atomic E-state index is 12.7. The van der Waals surface area contributed by atoms with Gasteiger partial charge < -0.3 is 10.1 Å². The van der Waals surface area contributed by atoms with E-state index in [1.54, 1.807) is 24.5 Å². The molecule has 0 saturated carbocycles. The molecule has 0 saturated heterocycles. The lowest BCUT2D eigenvalue weighted by Crippen LogP contribution is -2.38. The van der Waals surface area contributed by atoms with Crippen molar-refractivity contribution >= 4 is 5.91 Å². The van der Waals surface area contributed by atoms with Gasteiger partial charge in [-0.05, 0) is 49.0 Å². The largest absolute Gasteiger partial charge is 0.489 e. The van der Waals surface area contributed by atoms with E-state index in [1.165, 1.54) is 5.56 Å². The van der Waals surface area contributed by atoms with E-state index in [2.05, 4.69) is 41.2 Å². The molecule has 1 heterocycles. The van der Waals surface area contributed by atoms with Crippen LogP contribution < -0.4 is 10.1 Å². The number of benzene rings is 2. The summed E-state index contributed by atoms with van der Waals surface area (Å²) in [4.78, 5) is 19.1. The van der Waals surface area contributed by atoms with Crippen LogP contribution in [0.25, 0.3) is 0 Å². The molecule has 3 aromatic rings. The van der Waals surface area contributed by atoms with Crippen LogP contribution in [0.3, 0.4) is 0 Å². The van der Waals surface area contributed by atoms with E-state index in [0.717, 1.165) is 24.4 Å². The minimum atomic E-state index is -0.0816. The van der Waals surface area contributed by atoms with Crippen LogP contribution in [0.2, 0.25) is 0 Å². The first-order valence-corrected chi connectivity index (χ1v) is 10.4. The molecular weight excluding hydrogens is 374 g/mol. The number of ether oxygens (including phenoxy) is 1. The minimum Gasteiger partial charge on any atom is -0.489 e. The summed E-state index contributed by atoms with van der Waals surface area (Å²) < 4.78 is 5.77. The van der Waals surface area contributed by atoms with Gasteiger partial charge in [0, 0.05) is 30.1 Å². The van der Waals surface area contributed by atoms with Crippen molar-refractivity contribution in [3.63, 3.8) is 0 Å². The first-order valence-electron chi connectivity index (χ1n) is 10.4. The highest BCUT2D eigenvalue weighted by molar-refractivity contribution is 5.94. The summed E-state index contributed by atoms with van der Waals surface area (Å²) in [6, 6.07) is 21.6. The lowest BCUT2D eigenvalue weighted by Gasteiger charge is -2.30. The van der Waals surface area contributed by atoms with Crippen LogP contribution in [-0.4, -0.2) is 35.4 Å². The zero-order chi connectivity index (χ0) is 21.2. The van der Waals surface area contributed by atoms with Gasteiger partial charge in [0.2, 0.25) is 0 Å². The lowest BCUT2D eigenvalue weighted by molar-refractivity contribution is 0.0935. The normalized spacial score (nSPS) is 11.8. The van der Waals surface area contributed by atoms with E-state index in [0.29, 0.717) is 18.7 Å². The summed E-state index contributed by atoms with van der Waals surface area (Å²) in [7, 11) is 0. The van der Waals surface area contributed by atoms with Crippen molar-refractivity contribution in [2.45, 2.75) is 26.5 Å². The Morgan fingerprint density at radius 1 is 1.00 bits per heavy atom. The van der Waals surface area contributed by atoms with Gasteiger partial charge in [-0.2, -0.15) is 0 Å². The standard InChI is InChI=1S/C25H29N3O2/c1-3-28(4-2)24(21-10-6-5-7-11-21)18-27-25(29)22-12-14-23(15-13-22)30-19-20-9-8-16-26-17-20/h5-17,24H,3-4,18-19H2,1-2H3,(H,27,29). The molecule has 0 aliphatic carbocycles. The molecule has 1 N–H and O–H groups in total. The smallest absolute Gasteiger partial charge is 0.251 e. The lowest BCUT2D eigenvalue weighted by atomic mass is 10.0. The number of carbonyl (C=O) groups is 1. The van der Waals surface area contributed by atoms with Gasteiger partial charge in [0.25, 0.3) is 5.91 Å². The van der Waals surface area contributed by atoms with Crippen LogP contribution in [0.4, 0.5) is 0 Å². The number of amides is 1. The van der Waals surface area contributed by atoms with Crippen molar-refractivity contribution < 1.29 is 9.53 Å². The van der Waals surface area contributed by atoms with Gasteiger partial charge in [-0.3, -0.25) is 14.7 Å². The molecule has 0 spiro atoms. The van der Waals surface area contributed by atoms with Crippen LogP contribution >= 0.6 is 0 Å². The number of carbonyl (C=O) groups excluding carboxylic acids is 1. The molecule has 0 bridgehead atoms. The quantitative estimate of drug-likeness (QED) is 0.543. The number of nitrogens with zero attached hydrogens (tertiary/aromatic N) is 2. The van der Waals surface area contributed by atoms with E-state index in [1.807, 2.05) is 42.5 Å². The first-order chi connectivity index (χ1) is 14.7. The van der Waals surface area contributed by atoms with Gasteiger partial charge in [-0.1, -0.05) is 50.2 Å². The summed E-state index contributed by atoms with van der Waals surface area (Å²) in [5.74, 6) is 0.641. The second-order valence-corrected chi connectivity index (χ2v) is 7.03. The van der Waals surface area contributed by atoms with Gasteiger partial charge >= 0.3 is 0 Å². The Morgan fingerprint density at radius 3 is 2.37 bits per heavy atom. The molecule has 1 amide bonds. The molecule has 1 atom stereocenters. The number of hydrogen-bond acceptors (Lipinski definition) is 4. The molecule has 5 heteroatoms. The molecule has 0 radical (unpaired) electrons. The molecule has 1 aromatic heterocycles. The van der Waals surface area contributed by atoms with Gasteiger partial charge in [0.15, 0.2) is 0 Å². The molecule has 5 nitrogen and oxygen atoms in total. The first kappa shape index (κ1) is 21.5. The molecule has 3 rings (SSSR count). The highest BCUT2D eigenvalue weighted by atomic mass is 16.5. The predicted molar refractivity (Wildman–Crippen MR) is 119 cm³/mol. The summed E-state index contributed by atoms with van der Waals surface area (Å²) in [5.41, 5.74) is 2.83. The van der Waals surface area contributed by atoms with Gasteiger partial charge in [0.05, 0.1) is 6.04 Å². The van der Waals surface area contributed by atoms with Gasteiger partial charge in [-0.15, -0.1) is 0 Å². The van der Waals surface area contributed by atoms with Crippen LogP contribution in [0.1, 0.15) is 41.4 Å². The topological polar surface area (TPSA) is 54.5 Å².